The first kappa shape index (κ1) is 16.0. The second kappa shape index (κ2) is 6.34. The van der Waals surface area contributed by atoms with Crippen LogP contribution in [-0.2, 0) is 0 Å². The van der Waals surface area contributed by atoms with E-state index in [4.69, 9.17) is 0 Å². The fourth-order valence-corrected chi connectivity index (χ4v) is 3.44. The predicted molar refractivity (Wildman–Crippen MR) is 82.1 cm³/mol. The van der Waals surface area contributed by atoms with Gasteiger partial charge in [-0.05, 0) is 54.5 Å². The highest BCUT2D eigenvalue weighted by molar-refractivity contribution is 5.65. The summed E-state index contributed by atoms with van der Waals surface area (Å²) in [4.78, 5) is 0. The Labute approximate surface area is 133 Å². The van der Waals surface area contributed by atoms with Crippen molar-refractivity contribution >= 4 is 0 Å². The lowest BCUT2D eigenvalue weighted by atomic mass is 9.79. The molecule has 0 atom stereocenters. The van der Waals surface area contributed by atoms with Gasteiger partial charge in [0, 0.05) is 5.56 Å². The molecule has 23 heavy (non-hydrogen) atoms. The zero-order chi connectivity index (χ0) is 16.6. The number of hydrogen-bond donors (Lipinski definition) is 0. The van der Waals surface area contributed by atoms with Gasteiger partial charge in [0.1, 0.15) is 23.3 Å². The lowest BCUT2D eigenvalue weighted by Gasteiger charge is -2.27. The Hall–Kier alpha value is -1.84. The van der Waals surface area contributed by atoms with Crippen LogP contribution in [0.1, 0.15) is 44.1 Å². The Morgan fingerprint density at radius 3 is 1.83 bits per heavy atom. The van der Waals surface area contributed by atoms with Crippen molar-refractivity contribution in [2.45, 2.75) is 38.5 Å². The van der Waals surface area contributed by atoms with Crippen molar-refractivity contribution in [2.75, 3.05) is 0 Å². The van der Waals surface area contributed by atoms with Crippen molar-refractivity contribution in [1.29, 1.82) is 0 Å². The quantitative estimate of drug-likeness (QED) is 0.577. The zero-order valence-corrected chi connectivity index (χ0v) is 12.9. The molecule has 0 spiro atoms. The van der Waals surface area contributed by atoms with Gasteiger partial charge in [-0.3, -0.25) is 0 Å². The summed E-state index contributed by atoms with van der Waals surface area (Å²) in [6, 6.07) is 5.45. The molecule has 2 aromatic carbocycles. The van der Waals surface area contributed by atoms with E-state index in [1.807, 2.05) is 0 Å². The van der Waals surface area contributed by atoms with Gasteiger partial charge in [0.15, 0.2) is 0 Å². The molecule has 4 heteroatoms. The van der Waals surface area contributed by atoms with E-state index in [0.29, 0.717) is 5.92 Å². The molecule has 0 radical (unpaired) electrons. The molecule has 3 rings (SSSR count). The van der Waals surface area contributed by atoms with E-state index in [-0.39, 0.29) is 17.0 Å². The standard InChI is InChI=1S/C19H18F4/c1-11-5-7-12(8-6-11)18-16(22)9-13(10-17(18)23)19-14(20)3-2-4-15(19)21/h2-4,9-12H,5-8H2,1H3. The normalized spacial score (nSPS) is 21.4. The molecule has 1 aliphatic rings. The van der Waals surface area contributed by atoms with Crippen molar-refractivity contribution in [3.05, 3.63) is 59.2 Å². The molecular weight excluding hydrogens is 304 g/mol. The first-order chi connectivity index (χ1) is 11.0. The molecule has 1 fully saturated rings. The van der Waals surface area contributed by atoms with Gasteiger partial charge in [-0.2, -0.15) is 0 Å². The van der Waals surface area contributed by atoms with E-state index in [0.717, 1.165) is 49.9 Å². The molecule has 0 unspecified atom stereocenters. The van der Waals surface area contributed by atoms with Crippen LogP contribution < -0.4 is 0 Å². The van der Waals surface area contributed by atoms with E-state index in [1.54, 1.807) is 0 Å². The van der Waals surface area contributed by atoms with E-state index in [2.05, 4.69) is 6.92 Å². The van der Waals surface area contributed by atoms with Crippen molar-refractivity contribution in [3.63, 3.8) is 0 Å². The van der Waals surface area contributed by atoms with Crippen LogP contribution >= 0.6 is 0 Å². The molecular formula is C19H18F4. The van der Waals surface area contributed by atoms with E-state index >= 15 is 0 Å². The van der Waals surface area contributed by atoms with Gasteiger partial charge in [0.05, 0.1) is 5.56 Å². The zero-order valence-electron chi connectivity index (χ0n) is 12.9. The van der Waals surface area contributed by atoms with Crippen LogP contribution in [0.2, 0.25) is 0 Å². The highest BCUT2D eigenvalue weighted by Gasteiger charge is 2.26. The van der Waals surface area contributed by atoms with Crippen molar-refractivity contribution in [1.82, 2.24) is 0 Å². The van der Waals surface area contributed by atoms with Crippen molar-refractivity contribution < 1.29 is 17.6 Å². The largest absolute Gasteiger partial charge is 0.207 e. The molecule has 0 aromatic heterocycles. The van der Waals surface area contributed by atoms with Crippen LogP contribution in [0, 0.1) is 29.2 Å². The summed E-state index contributed by atoms with van der Waals surface area (Å²) in [6.45, 7) is 2.13. The minimum absolute atomic E-state index is 0.0531. The minimum atomic E-state index is -0.831. The Kier molecular flexibility index (Phi) is 4.42. The minimum Gasteiger partial charge on any atom is -0.207 e. The van der Waals surface area contributed by atoms with Gasteiger partial charge >= 0.3 is 0 Å². The maximum atomic E-state index is 14.5. The fourth-order valence-electron chi connectivity index (χ4n) is 3.44. The second-order valence-corrected chi connectivity index (χ2v) is 6.41. The Balaban J connectivity index is 2.01. The molecule has 2 aromatic rings. The highest BCUT2D eigenvalue weighted by atomic mass is 19.1. The molecule has 0 aliphatic heterocycles. The van der Waals surface area contributed by atoms with Crippen molar-refractivity contribution in [2.24, 2.45) is 5.92 Å². The number of benzene rings is 2. The van der Waals surface area contributed by atoms with Crippen LogP contribution in [0.4, 0.5) is 17.6 Å². The highest BCUT2D eigenvalue weighted by Crippen LogP contribution is 2.39. The second-order valence-electron chi connectivity index (χ2n) is 6.41. The summed E-state index contributed by atoms with van der Waals surface area (Å²) in [5.41, 5.74) is -0.449. The third-order valence-electron chi connectivity index (χ3n) is 4.75. The number of halogens is 4. The van der Waals surface area contributed by atoms with Gasteiger partial charge in [-0.1, -0.05) is 25.8 Å². The molecule has 0 N–H and O–H groups in total. The summed E-state index contributed by atoms with van der Waals surface area (Å²) >= 11 is 0. The van der Waals surface area contributed by atoms with E-state index in [1.165, 1.54) is 6.07 Å². The van der Waals surface area contributed by atoms with Crippen LogP contribution in [0.25, 0.3) is 11.1 Å². The first-order valence-corrected chi connectivity index (χ1v) is 7.90. The van der Waals surface area contributed by atoms with Gasteiger partial charge in [0.2, 0.25) is 0 Å². The summed E-state index contributed by atoms with van der Waals surface area (Å²) < 4.78 is 56.5. The predicted octanol–water partition coefficient (Wildman–Crippen LogP) is 6.20. The average Bonchev–Trinajstić information content (AvgIpc) is 2.48. The lowest BCUT2D eigenvalue weighted by Crippen LogP contribution is -2.14. The van der Waals surface area contributed by atoms with Gasteiger partial charge < -0.3 is 0 Å². The molecule has 0 nitrogen and oxygen atoms in total. The monoisotopic (exact) mass is 322 g/mol. The third kappa shape index (κ3) is 3.12. The molecule has 1 aliphatic carbocycles. The molecule has 0 amide bonds. The van der Waals surface area contributed by atoms with Gasteiger partial charge in [0.25, 0.3) is 0 Å². The average molecular weight is 322 g/mol. The summed E-state index contributed by atoms with van der Waals surface area (Å²) in [6.07, 6.45) is 3.35. The Morgan fingerprint density at radius 2 is 1.30 bits per heavy atom. The summed E-state index contributed by atoms with van der Waals surface area (Å²) in [5, 5.41) is 0. The van der Waals surface area contributed by atoms with Gasteiger partial charge in [-0.15, -0.1) is 0 Å². The molecule has 122 valence electrons. The maximum absolute atomic E-state index is 14.5. The Bertz CT molecular complexity index is 672. The van der Waals surface area contributed by atoms with Crippen LogP contribution in [0.15, 0.2) is 30.3 Å². The lowest BCUT2D eigenvalue weighted by molar-refractivity contribution is 0.335. The number of hydrogen-bond acceptors (Lipinski definition) is 0. The first-order valence-electron chi connectivity index (χ1n) is 7.90. The smallest absolute Gasteiger partial charge is 0.133 e. The van der Waals surface area contributed by atoms with Crippen molar-refractivity contribution in [3.8, 4) is 11.1 Å². The van der Waals surface area contributed by atoms with Crippen LogP contribution in [-0.4, -0.2) is 0 Å². The maximum Gasteiger partial charge on any atom is 0.133 e. The Morgan fingerprint density at radius 1 is 0.783 bits per heavy atom. The SMILES string of the molecule is CC1CCC(c2c(F)cc(-c3c(F)cccc3F)cc2F)CC1. The molecule has 0 bridgehead atoms. The number of rotatable bonds is 2. The third-order valence-corrected chi connectivity index (χ3v) is 4.75. The van der Waals surface area contributed by atoms with E-state index in [9.17, 15) is 17.6 Å². The van der Waals surface area contributed by atoms with Gasteiger partial charge in [-0.25, -0.2) is 17.6 Å². The topological polar surface area (TPSA) is 0 Å². The molecule has 0 saturated heterocycles. The van der Waals surface area contributed by atoms with Crippen LogP contribution in [0.3, 0.4) is 0 Å². The fraction of sp³-hybridized carbons (Fsp3) is 0.368. The summed E-state index contributed by atoms with van der Waals surface area (Å²) in [7, 11) is 0. The molecule has 1 saturated carbocycles. The summed E-state index contributed by atoms with van der Waals surface area (Å²) in [5.74, 6) is -2.69. The van der Waals surface area contributed by atoms with Crippen LogP contribution in [0.5, 0.6) is 0 Å². The molecule has 0 heterocycles. The van der Waals surface area contributed by atoms with E-state index < -0.39 is 28.8 Å².